The smallest absolute Gasteiger partial charge is 0.311 e. The van der Waals surface area contributed by atoms with Crippen molar-refractivity contribution in [1.29, 1.82) is 0 Å². The van der Waals surface area contributed by atoms with E-state index < -0.39 is 34.6 Å². The van der Waals surface area contributed by atoms with Crippen molar-refractivity contribution in [3.05, 3.63) is 48.6 Å². The van der Waals surface area contributed by atoms with Crippen LogP contribution in [0.1, 0.15) is 26.2 Å². The Morgan fingerprint density at radius 2 is 2.05 bits per heavy atom. The molecule has 2 fully saturated rings. The predicted octanol–water partition coefficient (Wildman–Crippen LogP) is 1.75. The van der Waals surface area contributed by atoms with Crippen molar-refractivity contribution in [2.75, 3.05) is 19.8 Å². The highest BCUT2D eigenvalue weighted by atomic mass is 32.2. The second-order valence-electron chi connectivity index (χ2n) is 10.3. The normalized spacial score (nSPS) is 32.6. The number of carbonyl (C=O) groups excluding carboxylic acids is 3. The Labute approximate surface area is 224 Å². The molecule has 0 bridgehead atoms. The minimum Gasteiger partial charge on any atom is -0.465 e. The standard InChI is InChI=1S/C27H31N5O5S/c1-2-17(15-33)32-23-25(35)30(16-31-19-10-6-5-9-18(19)28-29-31)13-8-12-27(23)22(24(32)34)21-20(38-27)11-4-3-7-14-37-26(21)36/h4-6,8-12,17,20-23,33H,2-3,7,13-16H2,1H3/b11-4-/t17-,20+,21-,22-,23?,27-/m0/s1. The van der Waals surface area contributed by atoms with E-state index in [1.807, 2.05) is 49.4 Å². The van der Waals surface area contributed by atoms with Gasteiger partial charge in [-0.25, -0.2) is 4.68 Å². The molecule has 200 valence electrons. The van der Waals surface area contributed by atoms with E-state index in [-0.39, 0.29) is 30.3 Å². The van der Waals surface area contributed by atoms with Gasteiger partial charge in [0.05, 0.1) is 41.4 Å². The molecule has 1 unspecified atom stereocenters. The number of amides is 2. The third-order valence-corrected chi connectivity index (χ3v) is 9.92. The zero-order valence-corrected chi connectivity index (χ0v) is 22.0. The van der Waals surface area contributed by atoms with Crippen LogP contribution in [0.3, 0.4) is 0 Å². The van der Waals surface area contributed by atoms with E-state index in [1.165, 1.54) is 11.8 Å². The highest BCUT2D eigenvalue weighted by Gasteiger charge is 2.71. The number of fused-ring (bicyclic) bond motifs is 3. The van der Waals surface area contributed by atoms with Gasteiger partial charge in [0.15, 0.2) is 0 Å². The summed E-state index contributed by atoms with van der Waals surface area (Å²) in [6.45, 7) is 2.42. The predicted molar refractivity (Wildman–Crippen MR) is 141 cm³/mol. The summed E-state index contributed by atoms with van der Waals surface area (Å²) in [6, 6.07) is 6.14. The Morgan fingerprint density at radius 1 is 1.21 bits per heavy atom. The molecule has 0 aliphatic carbocycles. The Morgan fingerprint density at radius 3 is 2.87 bits per heavy atom. The average molecular weight is 538 g/mol. The van der Waals surface area contributed by atoms with Crippen molar-refractivity contribution in [2.45, 2.75) is 54.9 Å². The molecule has 11 heteroatoms. The molecule has 4 aliphatic rings. The number of benzene rings is 1. The van der Waals surface area contributed by atoms with E-state index in [9.17, 15) is 19.5 Å². The quantitative estimate of drug-likeness (QED) is 0.453. The number of hydrogen-bond donors (Lipinski definition) is 1. The van der Waals surface area contributed by atoms with Crippen LogP contribution in [0.15, 0.2) is 48.6 Å². The van der Waals surface area contributed by atoms with Gasteiger partial charge in [0.25, 0.3) is 0 Å². The van der Waals surface area contributed by atoms with Gasteiger partial charge in [-0.1, -0.05) is 48.6 Å². The Balaban J connectivity index is 1.43. The number of para-hydroxylation sites is 1. The number of likely N-dealkylation sites (tertiary alicyclic amines) is 1. The summed E-state index contributed by atoms with van der Waals surface area (Å²) < 4.78 is 6.33. The minimum atomic E-state index is -0.951. The van der Waals surface area contributed by atoms with Gasteiger partial charge in [0, 0.05) is 11.8 Å². The number of hydrogen-bond acceptors (Lipinski definition) is 8. The van der Waals surface area contributed by atoms with E-state index >= 15 is 0 Å². The van der Waals surface area contributed by atoms with E-state index in [1.54, 1.807) is 14.5 Å². The molecule has 1 N–H and O–H groups in total. The lowest BCUT2D eigenvalue weighted by molar-refractivity contribution is -0.153. The third kappa shape index (κ3) is 3.78. The Kier molecular flexibility index (Phi) is 6.51. The fraction of sp³-hybridized carbons (Fsp3) is 0.519. The van der Waals surface area contributed by atoms with Crippen molar-refractivity contribution in [3.63, 3.8) is 0 Å². The molecule has 1 spiro atoms. The summed E-state index contributed by atoms with van der Waals surface area (Å²) in [4.78, 5) is 45.1. The van der Waals surface area contributed by atoms with Crippen molar-refractivity contribution in [2.24, 2.45) is 11.8 Å². The highest BCUT2D eigenvalue weighted by Crippen LogP contribution is 2.61. The lowest BCUT2D eigenvalue weighted by Gasteiger charge is -2.38. The molecule has 6 atom stereocenters. The molecule has 0 saturated carbocycles. The van der Waals surface area contributed by atoms with Crippen LogP contribution >= 0.6 is 11.8 Å². The molecule has 2 saturated heterocycles. The van der Waals surface area contributed by atoms with E-state index in [0.717, 1.165) is 23.9 Å². The number of aromatic nitrogens is 3. The molecule has 6 rings (SSSR count). The molecule has 38 heavy (non-hydrogen) atoms. The number of cyclic esters (lactones) is 1. The maximum atomic E-state index is 14.4. The topological polar surface area (TPSA) is 118 Å². The number of rotatable bonds is 5. The molecule has 0 radical (unpaired) electrons. The lowest BCUT2D eigenvalue weighted by Crippen LogP contribution is -2.56. The molecule has 5 heterocycles. The van der Waals surface area contributed by atoms with Crippen LogP contribution in [0, 0.1) is 11.8 Å². The number of allylic oxidation sites excluding steroid dienone is 1. The number of thioether (sulfide) groups is 1. The maximum Gasteiger partial charge on any atom is 0.311 e. The van der Waals surface area contributed by atoms with Crippen LogP contribution in [-0.2, 0) is 25.8 Å². The molecular weight excluding hydrogens is 506 g/mol. The zero-order valence-electron chi connectivity index (χ0n) is 21.2. The fourth-order valence-electron chi connectivity index (χ4n) is 6.36. The summed E-state index contributed by atoms with van der Waals surface area (Å²) in [7, 11) is 0. The second kappa shape index (κ2) is 9.85. The summed E-state index contributed by atoms with van der Waals surface area (Å²) in [5.41, 5.74) is 1.54. The first-order valence-electron chi connectivity index (χ1n) is 13.2. The molecule has 2 aromatic rings. The van der Waals surface area contributed by atoms with Crippen LogP contribution in [0.25, 0.3) is 11.0 Å². The lowest BCUT2D eigenvalue weighted by atomic mass is 9.78. The number of aliphatic hydroxyl groups is 1. The first-order valence-corrected chi connectivity index (χ1v) is 14.1. The van der Waals surface area contributed by atoms with Gasteiger partial charge < -0.3 is 19.6 Å². The summed E-state index contributed by atoms with van der Waals surface area (Å²) in [5.74, 6) is -2.35. The highest BCUT2D eigenvalue weighted by molar-refractivity contribution is 8.02. The van der Waals surface area contributed by atoms with Gasteiger partial charge in [0.1, 0.15) is 18.2 Å². The van der Waals surface area contributed by atoms with Crippen LogP contribution in [0.5, 0.6) is 0 Å². The summed E-state index contributed by atoms with van der Waals surface area (Å²) in [6.07, 6.45) is 9.95. The van der Waals surface area contributed by atoms with Gasteiger partial charge in [-0.05, 0) is 31.4 Å². The van der Waals surface area contributed by atoms with Crippen LogP contribution in [0.2, 0.25) is 0 Å². The first kappa shape index (κ1) is 25.1. The number of aliphatic hydroxyl groups excluding tert-OH is 1. The van der Waals surface area contributed by atoms with Crippen molar-refractivity contribution in [1.82, 2.24) is 24.8 Å². The molecule has 1 aromatic heterocycles. The van der Waals surface area contributed by atoms with Gasteiger partial charge in [-0.15, -0.1) is 16.9 Å². The van der Waals surface area contributed by atoms with E-state index in [0.29, 0.717) is 19.6 Å². The van der Waals surface area contributed by atoms with Crippen LogP contribution in [-0.4, -0.2) is 89.5 Å². The third-order valence-electron chi connectivity index (χ3n) is 8.17. The van der Waals surface area contributed by atoms with Gasteiger partial charge in [0.2, 0.25) is 11.8 Å². The van der Waals surface area contributed by atoms with Crippen molar-refractivity contribution < 1.29 is 24.2 Å². The second-order valence-corrected chi connectivity index (χ2v) is 11.7. The van der Waals surface area contributed by atoms with Crippen molar-refractivity contribution >= 4 is 40.6 Å². The van der Waals surface area contributed by atoms with Crippen molar-refractivity contribution in [3.8, 4) is 0 Å². The molecule has 4 aliphatic heterocycles. The van der Waals surface area contributed by atoms with E-state index in [4.69, 9.17) is 4.74 Å². The molecule has 1 aromatic carbocycles. The monoisotopic (exact) mass is 537 g/mol. The Bertz CT molecular complexity index is 1320. The Hall–Kier alpha value is -3.18. The summed E-state index contributed by atoms with van der Waals surface area (Å²) >= 11 is 1.51. The van der Waals surface area contributed by atoms with Gasteiger partial charge in [-0.2, -0.15) is 0 Å². The first-order chi connectivity index (χ1) is 18.5. The maximum absolute atomic E-state index is 14.4. The summed E-state index contributed by atoms with van der Waals surface area (Å²) in [5, 5.41) is 18.4. The molecular formula is C27H31N5O5S. The SMILES string of the molecule is CC[C@@H](CO)N1C(=O)[C@@H]2[C@H]3C(=O)OCCC/C=C\[C@H]3S[C@@]23C=CCN(Cn2nnc4ccccc42)C(=O)C13. The number of ether oxygens (including phenoxy) is 1. The number of esters is 1. The zero-order chi connectivity index (χ0) is 26.4. The van der Waals surface area contributed by atoms with Gasteiger partial charge >= 0.3 is 5.97 Å². The van der Waals surface area contributed by atoms with Crippen LogP contribution in [0.4, 0.5) is 0 Å². The molecule has 2 amide bonds. The minimum absolute atomic E-state index is 0.165. The van der Waals surface area contributed by atoms with Gasteiger partial charge in [-0.3, -0.25) is 14.4 Å². The molecule has 10 nitrogen and oxygen atoms in total. The van der Waals surface area contributed by atoms with Crippen LogP contribution < -0.4 is 0 Å². The number of carbonyl (C=O) groups is 3. The largest absolute Gasteiger partial charge is 0.465 e. The average Bonchev–Trinajstić information content (AvgIpc) is 3.53. The fourth-order valence-corrected chi connectivity index (χ4v) is 8.35. The van der Waals surface area contributed by atoms with E-state index in [2.05, 4.69) is 16.4 Å². The number of nitrogens with zero attached hydrogens (tertiary/aromatic N) is 5.